The van der Waals surface area contributed by atoms with Gasteiger partial charge in [-0.2, -0.15) is 8.42 Å². The summed E-state index contributed by atoms with van der Waals surface area (Å²) < 4.78 is 42.7. The molecule has 40 heavy (non-hydrogen) atoms. The summed E-state index contributed by atoms with van der Waals surface area (Å²) in [5.74, 6) is 0.461. The summed E-state index contributed by atoms with van der Waals surface area (Å²) in [6.45, 7) is 9.71. The molecule has 1 N–H and O–H groups in total. The fourth-order valence-corrected chi connectivity index (χ4v) is 6.44. The number of carbonyl (C=O) groups is 1. The van der Waals surface area contributed by atoms with Crippen molar-refractivity contribution in [1.29, 1.82) is 0 Å². The van der Waals surface area contributed by atoms with Crippen LogP contribution in [-0.4, -0.2) is 48.8 Å². The van der Waals surface area contributed by atoms with Crippen molar-refractivity contribution in [2.45, 2.75) is 76.3 Å². The van der Waals surface area contributed by atoms with E-state index in [4.69, 9.17) is 18.6 Å². The van der Waals surface area contributed by atoms with Gasteiger partial charge in [-0.05, 0) is 89.5 Å². The number of pyridine rings is 1. The second-order valence-electron chi connectivity index (χ2n) is 11.7. The quantitative estimate of drug-likeness (QED) is 0.333. The summed E-state index contributed by atoms with van der Waals surface area (Å²) in [5.41, 5.74) is 3.72. The Morgan fingerprint density at radius 1 is 1.12 bits per heavy atom. The summed E-state index contributed by atoms with van der Waals surface area (Å²) in [4.78, 5) is 21.9. The van der Waals surface area contributed by atoms with Gasteiger partial charge in [0.05, 0.1) is 17.0 Å². The van der Waals surface area contributed by atoms with Gasteiger partial charge in [-0.1, -0.05) is 17.7 Å². The molecule has 0 saturated heterocycles. The predicted octanol–water partition coefficient (Wildman–Crippen LogP) is 5.38. The van der Waals surface area contributed by atoms with Crippen molar-refractivity contribution >= 4 is 27.5 Å². The SMILES string of the molecule is Cc1ccc(S(=O)(=O)OCC2Cc3c(-c4nccs4)nc(OCC4(NC(=O)OC(C)(C)C)CC4)c(C)c3C2)cc1. The van der Waals surface area contributed by atoms with Crippen molar-refractivity contribution in [3.05, 3.63) is 58.1 Å². The molecule has 0 spiro atoms. The first-order chi connectivity index (χ1) is 18.8. The molecule has 1 atom stereocenters. The average molecular weight is 586 g/mol. The van der Waals surface area contributed by atoms with Gasteiger partial charge in [0.25, 0.3) is 10.1 Å². The maximum absolute atomic E-state index is 12.8. The normalized spacial score (nSPS) is 17.8. The lowest BCUT2D eigenvalue weighted by atomic mass is 10.0. The summed E-state index contributed by atoms with van der Waals surface area (Å²) in [5, 5.41) is 5.65. The Morgan fingerprint density at radius 3 is 2.45 bits per heavy atom. The maximum atomic E-state index is 12.8. The van der Waals surface area contributed by atoms with Crippen LogP contribution in [0.5, 0.6) is 5.88 Å². The Hall–Kier alpha value is -3.02. The Labute approximate surface area is 239 Å². The van der Waals surface area contributed by atoms with Crippen LogP contribution in [0.3, 0.4) is 0 Å². The third-order valence-corrected chi connectivity index (χ3v) is 9.21. The standard InChI is InChI=1S/C29H35N3O6S2/c1-18-6-8-21(9-7-18)40(34,35)37-16-20-14-22-19(2)25(31-24(23(22)15-20)26-30-12-13-39-26)36-17-29(10-11-29)32-27(33)38-28(3,4)5/h6-9,12-13,20H,10-11,14-17H2,1-5H3,(H,32,33). The lowest BCUT2D eigenvalue weighted by molar-refractivity contribution is 0.0476. The van der Waals surface area contributed by atoms with Crippen LogP contribution in [0.25, 0.3) is 10.7 Å². The Kier molecular flexibility index (Phi) is 7.66. The minimum absolute atomic E-state index is 0.0340. The Balaban J connectivity index is 1.32. The highest BCUT2D eigenvalue weighted by molar-refractivity contribution is 7.86. The first kappa shape index (κ1) is 28.5. The highest BCUT2D eigenvalue weighted by Gasteiger charge is 2.46. The minimum atomic E-state index is -3.86. The van der Waals surface area contributed by atoms with Crippen LogP contribution in [0.1, 0.15) is 55.9 Å². The van der Waals surface area contributed by atoms with E-state index in [1.165, 1.54) is 11.3 Å². The van der Waals surface area contributed by atoms with Crippen LogP contribution in [0, 0.1) is 19.8 Å². The molecule has 214 valence electrons. The fourth-order valence-electron chi connectivity index (χ4n) is 4.81. The lowest BCUT2D eigenvalue weighted by Gasteiger charge is -2.24. The van der Waals surface area contributed by atoms with E-state index in [1.807, 2.05) is 40.0 Å². The van der Waals surface area contributed by atoms with E-state index in [2.05, 4.69) is 10.3 Å². The highest BCUT2D eigenvalue weighted by atomic mass is 32.2. The van der Waals surface area contributed by atoms with E-state index in [1.54, 1.807) is 30.5 Å². The first-order valence-corrected chi connectivity index (χ1v) is 15.7. The molecule has 1 amide bonds. The first-order valence-electron chi connectivity index (χ1n) is 13.4. The number of hydrogen-bond acceptors (Lipinski definition) is 9. The minimum Gasteiger partial charge on any atom is -0.475 e. The molecule has 3 aromatic rings. The number of ether oxygens (including phenoxy) is 2. The van der Waals surface area contributed by atoms with Gasteiger partial charge in [-0.3, -0.25) is 4.18 Å². The molecule has 1 fully saturated rings. The van der Waals surface area contributed by atoms with Crippen molar-refractivity contribution in [3.63, 3.8) is 0 Å². The molecule has 0 radical (unpaired) electrons. The number of aryl methyl sites for hydroxylation is 1. The van der Waals surface area contributed by atoms with E-state index in [-0.39, 0.29) is 24.0 Å². The molecule has 2 heterocycles. The summed E-state index contributed by atoms with van der Waals surface area (Å²) in [6, 6.07) is 6.65. The molecule has 1 aromatic carbocycles. The summed E-state index contributed by atoms with van der Waals surface area (Å²) >= 11 is 1.49. The second kappa shape index (κ2) is 10.8. The van der Waals surface area contributed by atoms with Gasteiger partial charge in [-0.15, -0.1) is 11.3 Å². The topological polar surface area (TPSA) is 117 Å². The summed E-state index contributed by atoms with van der Waals surface area (Å²) in [6.07, 6.45) is 4.14. The third-order valence-electron chi connectivity index (χ3n) is 7.13. The van der Waals surface area contributed by atoms with Crippen LogP contribution in [0.2, 0.25) is 0 Å². The number of carbonyl (C=O) groups excluding carboxylic acids is 1. The Morgan fingerprint density at radius 2 is 1.82 bits per heavy atom. The molecule has 1 unspecified atom stereocenters. The van der Waals surface area contributed by atoms with Gasteiger partial charge >= 0.3 is 6.09 Å². The van der Waals surface area contributed by atoms with Crippen LogP contribution in [-0.2, 0) is 31.9 Å². The van der Waals surface area contributed by atoms with Gasteiger partial charge in [-0.25, -0.2) is 14.8 Å². The number of amides is 1. The number of fused-ring (bicyclic) bond motifs is 1. The van der Waals surface area contributed by atoms with Crippen LogP contribution in [0.15, 0.2) is 40.7 Å². The number of rotatable bonds is 9. The van der Waals surface area contributed by atoms with Crippen LogP contribution >= 0.6 is 11.3 Å². The van der Waals surface area contributed by atoms with Gasteiger partial charge < -0.3 is 14.8 Å². The van der Waals surface area contributed by atoms with Gasteiger partial charge in [0.1, 0.15) is 22.9 Å². The van der Waals surface area contributed by atoms with E-state index in [9.17, 15) is 13.2 Å². The monoisotopic (exact) mass is 585 g/mol. The largest absolute Gasteiger partial charge is 0.475 e. The Bertz CT molecular complexity index is 1490. The smallest absolute Gasteiger partial charge is 0.408 e. The number of nitrogens with one attached hydrogen (secondary N) is 1. The van der Waals surface area contributed by atoms with Crippen molar-refractivity contribution in [2.24, 2.45) is 5.92 Å². The van der Waals surface area contributed by atoms with Gasteiger partial charge in [0.15, 0.2) is 0 Å². The van der Waals surface area contributed by atoms with E-state index in [0.717, 1.165) is 45.8 Å². The number of benzene rings is 1. The molecule has 2 aliphatic rings. The van der Waals surface area contributed by atoms with E-state index in [0.29, 0.717) is 18.7 Å². The number of hydrogen-bond donors (Lipinski definition) is 1. The number of thiazole rings is 1. The molecule has 9 nitrogen and oxygen atoms in total. The molecular formula is C29H35N3O6S2. The van der Waals surface area contributed by atoms with Crippen molar-refractivity contribution in [2.75, 3.05) is 13.2 Å². The molecule has 0 aliphatic heterocycles. The fraction of sp³-hybridized carbons (Fsp3) is 0.483. The van der Waals surface area contributed by atoms with E-state index < -0.39 is 27.4 Å². The molecule has 11 heteroatoms. The molecular weight excluding hydrogens is 550 g/mol. The lowest BCUT2D eigenvalue weighted by Crippen LogP contribution is -2.44. The second-order valence-corrected chi connectivity index (χ2v) is 14.2. The zero-order chi connectivity index (χ0) is 28.7. The molecule has 1 saturated carbocycles. The molecule has 5 rings (SSSR count). The van der Waals surface area contributed by atoms with Crippen LogP contribution < -0.4 is 10.1 Å². The number of nitrogens with zero attached hydrogens (tertiary/aromatic N) is 2. The third kappa shape index (κ3) is 6.47. The van der Waals surface area contributed by atoms with Crippen molar-refractivity contribution in [3.8, 4) is 16.6 Å². The maximum Gasteiger partial charge on any atom is 0.408 e. The average Bonchev–Trinajstić information content (AvgIpc) is 3.26. The van der Waals surface area contributed by atoms with Crippen molar-refractivity contribution in [1.82, 2.24) is 15.3 Å². The molecule has 2 aliphatic carbocycles. The van der Waals surface area contributed by atoms with E-state index >= 15 is 0 Å². The van der Waals surface area contributed by atoms with Crippen molar-refractivity contribution < 1.29 is 26.9 Å². The molecule has 0 bridgehead atoms. The van der Waals surface area contributed by atoms with Crippen LogP contribution in [0.4, 0.5) is 4.79 Å². The zero-order valence-corrected chi connectivity index (χ0v) is 25.1. The number of alkyl carbamates (subject to hydrolysis) is 1. The highest BCUT2D eigenvalue weighted by Crippen LogP contribution is 2.41. The zero-order valence-electron chi connectivity index (χ0n) is 23.4. The predicted molar refractivity (Wildman–Crippen MR) is 152 cm³/mol. The van der Waals surface area contributed by atoms with Gasteiger partial charge in [0, 0.05) is 17.1 Å². The molecule has 2 aromatic heterocycles. The summed E-state index contributed by atoms with van der Waals surface area (Å²) in [7, 11) is -3.86. The number of aromatic nitrogens is 2. The van der Waals surface area contributed by atoms with Gasteiger partial charge in [0.2, 0.25) is 5.88 Å².